The molecule has 0 radical (unpaired) electrons. The van der Waals surface area contributed by atoms with Crippen molar-refractivity contribution in [3.05, 3.63) is 145 Å². The Morgan fingerprint density at radius 2 is 1.76 bits per heavy atom. The molecule has 0 aliphatic carbocycles. The van der Waals surface area contributed by atoms with Gasteiger partial charge in [0.25, 0.3) is 6.98 Å². The fourth-order valence-electron chi connectivity index (χ4n) is 5.17. The van der Waals surface area contributed by atoms with Crippen LogP contribution in [0.2, 0.25) is 0 Å². The van der Waals surface area contributed by atoms with Crippen molar-refractivity contribution in [1.29, 1.82) is 0 Å². The summed E-state index contributed by atoms with van der Waals surface area (Å²) in [6, 6.07) is 30.3. The van der Waals surface area contributed by atoms with Gasteiger partial charge in [-0.3, -0.25) is 0 Å². The van der Waals surface area contributed by atoms with Crippen LogP contribution in [0.15, 0.2) is 121 Å². The Kier molecular flexibility index (Phi) is 7.38. The van der Waals surface area contributed by atoms with Gasteiger partial charge in [0, 0.05) is 50.6 Å². The zero-order valence-electron chi connectivity index (χ0n) is 23.5. The van der Waals surface area contributed by atoms with Crippen molar-refractivity contribution in [3.63, 3.8) is 0 Å². The van der Waals surface area contributed by atoms with Crippen molar-refractivity contribution < 1.29 is 30.4 Å². The summed E-state index contributed by atoms with van der Waals surface area (Å²) < 4.78 is 12.3. The third kappa shape index (κ3) is 5.21. The maximum atomic E-state index is 6.29. The van der Waals surface area contributed by atoms with E-state index in [0.717, 1.165) is 33.3 Å². The van der Waals surface area contributed by atoms with Crippen LogP contribution in [0.25, 0.3) is 38.5 Å². The molecule has 6 aromatic rings. The normalized spacial score (nSPS) is 13.1. The van der Waals surface area contributed by atoms with E-state index in [9.17, 15) is 0 Å². The van der Waals surface area contributed by atoms with Crippen LogP contribution in [0.3, 0.4) is 0 Å². The second-order valence-electron chi connectivity index (χ2n) is 11.1. The van der Waals surface area contributed by atoms with E-state index in [-0.39, 0.29) is 33.5 Å². The number of pyridine rings is 1. The molecule has 3 aromatic carbocycles. The van der Waals surface area contributed by atoms with Crippen molar-refractivity contribution in [2.24, 2.45) is 0 Å². The second-order valence-corrected chi connectivity index (χ2v) is 11.1. The molecule has 3 aromatic heterocycles. The molecule has 0 bridgehead atoms. The summed E-state index contributed by atoms with van der Waals surface area (Å²) in [5.74, 6) is 3.97. The van der Waals surface area contributed by atoms with Gasteiger partial charge in [-0.2, -0.15) is 6.07 Å². The van der Waals surface area contributed by atoms with E-state index >= 15 is 0 Å². The number of benzene rings is 3. The summed E-state index contributed by atoms with van der Waals surface area (Å²) in [7, 11) is 0. The van der Waals surface area contributed by atoms with Gasteiger partial charge >= 0.3 is 0 Å². The van der Waals surface area contributed by atoms with E-state index in [4.69, 9.17) is 14.9 Å². The van der Waals surface area contributed by atoms with E-state index in [1.165, 1.54) is 5.56 Å². The standard InChI is InChI=1S/C34H28BN5O.Pt/c1-34(2,3)25-17-19-36-32(22-25)40-30-13-8-7-12-28(30)29-16-15-27(23-31(29)40)41-33-14-9-18-35(37-33)39-21-20-38(24-39)26-10-5-4-6-11-26;/h4-22H,1-3H3;/q-2;. The molecule has 0 spiro atoms. The smallest absolute Gasteiger partial charge is 0.284 e. The molecule has 0 N–H and O–H groups in total. The van der Waals surface area contributed by atoms with E-state index < -0.39 is 0 Å². The van der Waals surface area contributed by atoms with Crippen LogP contribution >= 0.6 is 0 Å². The first kappa shape index (κ1) is 27.8. The van der Waals surface area contributed by atoms with Crippen molar-refractivity contribution in [2.45, 2.75) is 26.2 Å². The Morgan fingerprint density at radius 1 is 0.952 bits per heavy atom. The van der Waals surface area contributed by atoms with Crippen LogP contribution in [0.4, 0.5) is 0 Å². The molecule has 7 rings (SSSR count). The topological polar surface area (TPSA) is 50.0 Å². The molecule has 0 saturated carbocycles. The third-order valence-electron chi connectivity index (χ3n) is 7.31. The maximum Gasteiger partial charge on any atom is 0.284 e. The Balaban J connectivity index is 0.00000316. The zero-order valence-corrected chi connectivity index (χ0v) is 25.8. The molecule has 1 aliphatic rings. The van der Waals surface area contributed by atoms with Gasteiger partial charge in [0.15, 0.2) is 0 Å². The molecule has 0 saturated heterocycles. The van der Waals surface area contributed by atoms with Crippen molar-refractivity contribution >= 4 is 28.8 Å². The summed E-state index contributed by atoms with van der Waals surface area (Å²) in [6.45, 7) is 6.38. The van der Waals surface area contributed by atoms with Crippen LogP contribution in [0, 0.1) is 12.4 Å². The summed E-state index contributed by atoms with van der Waals surface area (Å²) in [6.07, 6.45) is 13.0. The molecule has 1 aliphatic heterocycles. The van der Waals surface area contributed by atoms with Crippen LogP contribution in [-0.4, -0.2) is 21.0 Å². The van der Waals surface area contributed by atoms with Gasteiger partial charge in [0.2, 0.25) is 6.33 Å². The van der Waals surface area contributed by atoms with E-state index in [1.807, 2.05) is 82.2 Å². The molecule has 8 heteroatoms. The van der Waals surface area contributed by atoms with Crippen molar-refractivity contribution in [2.75, 3.05) is 0 Å². The molecule has 0 atom stereocenters. The number of ether oxygens (including phenoxy) is 1. The number of aromatic nitrogens is 4. The van der Waals surface area contributed by atoms with Crippen LogP contribution in [0.5, 0.6) is 5.75 Å². The number of allylic oxidation sites excluding steroid dienone is 2. The summed E-state index contributed by atoms with van der Waals surface area (Å²) in [5.41, 5.74) is 4.26. The monoisotopic (exact) mass is 728 g/mol. The van der Waals surface area contributed by atoms with Gasteiger partial charge < -0.3 is 23.6 Å². The molecule has 0 unspecified atom stereocenters. The molecule has 4 heterocycles. The molecule has 210 valence electrons. The molecule has 0 fully saturated rings. The molecule has 6 nitrogen and oxygen atoms in total. The number of para-hydroxylation sites is 2. The average molecular weight is 729 g/mol. The first-order chi connectivity index (χ1) is 19.9. The molecule has 0 amide bonds. The number of fused-ring (bicyclic) bond motifs is 3. The Hall–Kier alpha value is -4.35. The predicted octanol–water partition coefficient (Wildman–Crippen LogP) is 6.89. The second kappa shape index (κ2) is 11.1. The van der Waals surface area contributed by atoms with Crippen molar-refractivity contribution in [1.82, 2.24) is 14.0 Å². The van der Waals surface area contributed by atoms with Gasteiger partial charge in [-0.15, -0.1) is 17.5 Å². The quantitative estimate of drug-likeness (QED) is 0.110. The van der Waals surface area contributed by atoms with Crippen LogP contribution in [0.1, 0.15) is 26.3 Å². The average Bonchev–Trinajstić information content (AvgIpc) is 3.61. The molecule has 42 heavy (non-hydrogen) atoms. The zero-order chi connectivity index (χ0) is 28.0. The van der Waals surface area contributed by atoms with Gasteiger partial charge in [-0.1, -0.05) is 86.9 Å². The minimum Gasteiger partial charge on any atom is -0.633 e. The number of imidazole rings is 1. The van der Waals surface area contributed by atoms with E-state index in [0.29, 0.717) is 11.6 Å². The van der Waals surface area contributed by atoms with Gasteiger partial charge in [-0.25, -0.2) is 4.98 Å². The van der Waals surface area contributed by atoms with Crippen molar-refractivity contribution in [3.8, 4) is 17.3 Å². The van der Waals surface area contributed by atoms with Gasteiger partial charge in [0.05, 0.1) is 5.69 Å². The minimum absolute atomic E-state index is 0. The summed E-state index contributed by atoms with van der Waals surface area (Å²) in [5, 5.41) is 7.07. The SMILES string of the molecule is CC(C)(C)c1ccnc(-n2c3[c-]c(OC4=CC=CB(n5[c-][n+](-c6ccccc6)cc5)[N-]4)ccc3c3ccccc32)c1.[Pt]. The fraction of sp³-hybridized carbons (Fsp3) is 0.118. The number of hydrogen-bond acceptors (Lipinski definition) is 2. The Bertz CT molecular complexity index is 1950. The number of rotatable bonds is 5. The van der Waals surface area contributed by atoms with Gasteiger partial charge in [0.1, 0.15) is 5.82 Å². The molecular weight excluding hydrogens is 700 g/mol. The largest absolute Gasteiger partial charge is 0.633 e. The predicted molar refractivity (Wildman–Crippen MR) is 163 cm³/mol. The van der Waals surface area contributed by atoms with E-state index in [2.05, 4.69) is 80.2 Å². The fourth-order valence-corrected chi connectivity index (χ4v) is 5.17. The maximum absolute atomic E-state index is 6.29. The van der Waals surface area contributed by atoms with Gasteiger partial charge in [-0.05, 0) is 46.8 Å². The minimum atomic E-state index is -0.264. The number of hydrogen-bond donors (Lipinski definition) is 0. The Morgan fingerprint density at radius 3 is 2.60 bits per heavy atom. The summed E-state index contributed by atoms with van der Waals surface area (Å²) >= 11 is 0. The third-order valence-corrected chi connectivity index (χ3v) is 7.31. The first-order valence-corrected chi connectivity index (χ1v) is 13.7. The van der Waals surface area contributed by atoms with Crippen LogP contribution in [-0.2, 0) is 26.5 Å². The Labute approximate surface area is 260 Å². The van der Waals surface area contributed by atoms with E-state index in [1.54, 1.807) is 0 Å². The first-order valence-electron chi connectivity index (χ1n) is 13.7. The van der Waals surface area contributed by atoms with Crippen LogP contribution < -0.4 is 9.30 Å². The molecular formula is C34H28BN5OPt-2. The number of nitrogens with zero attached hydrogens (tertiary/aromatic N) is 5. The summed E-state index contributed by atoms with van der Waals surface area (Å²) in [4.78, 5) is 4.76.